The zero-order valence-electron chi connectivity index (χ0n) is 15.0. The molecule has 0 fully saturated rings. The fourth-order valence-electron chi connectivity index (χ4n) is 2.24. The van der Waals surface area contributed by atoms with Crippen molar-refractivity contribution in [2.75, 3.05) is 18.5 Å². The van der Waals surface area contributed by atoms with Crippen molar-refractivity contribution in [2.45, 2.75) is 34.1 Å². The summed E-state index contributed by atoms with van der Waals surface area (Å²) < 4.78 is 10.7. The molecule has 0 bridgehead atoms. The van der Waals surface area contributed by atoms with Crippen molar-refractivity contribution in [3.05, 3.63) is 45.8 Å². The van der Waals surface area contributed by atoms with Gasteiger partial charge in [-0.1, -0.05) is 19.1 Å². The van der Waals surface area contributed by atoms with Gasteiger partial charge in [0.1, 0.15) is 10.8 Å². The van der Waals surface area contributed by atoms with Gasteiger partial charge in [-0.05, 0) is 50.5 Å². The normalized spacial score (nSPS) is 10.4. The molecule has 0 saturated carbocycles. The Bertz CT molecular complexity index is 767. The lowest BCUT2D eigenvalue weighted by Gasteiger charge is -2.10. The summed E-state index contributed by atoms with van der Waals surface area (Å²) >= 11 is 1.38. The molecule has 134 valence electrons. The summed E-state index contributed by atoms with van der Waals surface area (Å²) in [6, 6.07) is 7.61. The van der Waals surface area contributed by atoms with Crippen LogP contribution in [-0.4, -0.2) is 25.1 Å². The first kappa shape index (κ1) is 19.0. The number of esters is 1. The van der Waals surface area contributed by atoms with E-state index in [0.29, 0.717) is 22.9 Å². The molecule has 0 aliphatic rings. The zero-order chi connectivity index (χ0) is 18.4. The third-order valence-electron chi connectivity index (χ3n) is 3.58. The summed E-state index contributed by atoms with van der Waals surface area (Å²) in [6.07, 6.45) is 0.784. The number of aryl methyl sites for hydroxylation is 3. The molecular formula is C19H23NO4S. The molecule has 0 saturated heterocycles. The lowest BCUT2D eigenvalue weighted by atomic mass is 10.1. The predicted molar refractivity (Wildman–Crippen MR) is 99.7 cm³/mol. The van der Waals surface area contributed by atoms with Gasteiger partial charge >= 0.3 is 5.97 Å². The Kier molecular flexibility index (Phi) is 6.58. The van der Waals surface area contributed by atoms with E-state index in [0.717, 1.165) is 22.4 Å². The van der Waals surface area contributed by atoms with Crippen LogP contribution in [0.2, 0.25) is 0 Å². The van der Waals surface area contributed by atoms with Crippen LogP contribution in [0.3, 0.4) is 0 Å². The number of anilines is 1. The molecule has 1 aromatic carbocycles. The van der Waals surface area contributed by atoms with E-state index in [9.17, 15) is 9.59 Å². The standard InChI is InChI=1S/C19H23NO4S/c1-5-14-10-15(19(22)23-6-2)18(25-14)20-17(21)11-24-16-9-12(3)7-8-13(16)4/h7-10H,5-6,11H2,1-4H3,(H,20,21). The predicted octanol–water partition coefficient (Wildman–Crippen LogP) is 4.12. The number of rotatable bonds is 7. The summed E-state index contributed by atoms with van der Waals surface area (Å²) in [5.74, 6) is -0.0543. The molecule has 2 aromatic rings. The van der Waals surface area contributed by atoms with E-state index in [4.69, 9.17) is 9.47 Å². The monoisotopic (exact) mass is 361 g/mol. The highest BCUT2D eigenvalue weighted by atomic mass is 32.1. The van der Waals surface area contributed by atoms with Gasteiger partial charge in [-0.15, -0.1) is 11.3 Å². The van der Waals surface area contributed by atoms with Crippen LogP contribution in [0.5, 0.6) is 5.75 Å². The third-order valence-corrected chi connectivity index (χ3v) is 4.78. The topological polar surface area (TPSA) is 64.6 Å². The van der Waals surface area contributed by atoms with Gasteiger partial charge in [-0.25, -0.2) is 4.79 Å². The maximum atomic E-state index is 12.2. The molecule has 1 amide bonds. The Hall–Kier alpha value is -2.34. The van der Waals surface area contributed by atoms with Crippen LogP contribution in [0.4, 0.5) is 5.00 Å². The number of ether oxygens (including phenoxy) is 2. The van der Waals surface area contributed by atoms with Gasteiger partial charge in [0.25, 0.3) is 5.91 Å². The second-order valence-electron chi connectivity index (χ2n) is 5.64. The minimum Gasteiger partial charge on any atom is -0.483 e. The second kappa shape index (κ2) is 8.67. The lowest BCUT2D eigenvalue weighted by Crippen LogP contribution is -2.21. The largest absolute Gasteiger partial charge is 0.483 e. The van der Waals surface area contributed by atoms with Crippen molar-refractivity contribution >= 4 is 28.2 Å². The lowest BCUT2D eigenvalue weighted by molar-refractivity contribution is -0.118. The van der Waals surface area contributed by atoms with Crippen molar-refractivity contribution in [1.82, 2.24) is 0 Å². The molecule has 0 radical (unpaired) electrons. The molecule has 2 rings (SSSR count). The molecule has 5 nitrogen and oxygen atoms in total. The maximum Gasteiger partial charge on any atom is 0.341 e. The van der Waals surface area contributed by atoms with Crippen molar-refractivity contribution < 1.29 is 19.1 Å². The molecule has 1 N–H and O–H groups in total. The number of benzene rings is 1. The van der Waals surface area contributed by atoms with E-state index in [1.54, 1.807) is 13.0 Å². The van der Waals surface area contributed by atoms with Gasteiger partial charge in [0.15, 0.2) is 6.61 Å². The minimum atomic E-state index is -0.427. The van der Waals surface area contributed by atoms with Gasteiger partial charge in [0.2, 0.25) is 0 Å². The van der Waals surface area contributed by atoms with Crippen molar-refractivity contribution in [1.29, 1.82) is 0 Å². The first-order valence-corrected chi connectivity index (χ1v) is 9.06. The van der Waals surface area contributed by atoms with Crippen LogP contribution in [0.1, 0.15) is 40.2 Å². The molecular weight excluding hydrogens is 338 g/mol. The highest BCUT2D eigenvalue weighted by Crippen LogP contribution is 2.29. The highest BCUT2D eigenvalue weighted by molar-refractivity contribution is 7.16. The molecule has 1 aromatic heterocycles. The first-order chi connectivity index (χ1) is 11.9. The van der Waals surface area contributed by atoms with Crippen molar-refractivity contribution in [2.24, 2.45) is 0 Å². The average molecular weight is 361 g/mol. The van der Waals surface area contributed by atoms with Crippen LogP contribution in [-0.2, 0) is 16.0 Å². The summed E-state index contributed by atoms with van der Waals surface area (Å²) in [7, 11) is 0. The molecule has 0 aliphatic heterocycles. The highest BCUT2D eigenvalue weighted by Gasteiger charge is 2.19. The number of amides is 1. The number of carbonyl (C=O) groups is 2. The third kappa shape index (κ3) is 5.06. The van der Waals surface area contributed by atoms with Gasteiger partial charge in [-0.2, -0.15) is 0 Å². The van der Waals surface area contributed by atoms with Gasteiger partial charge in [-0.3, -0.25) is 4.79 Å². The van der Waals surface area contributed by atoms with Crippen LogP contribution >= 0.6 is 11.3 Å². The maximum absolute atomic E-state index is 12.2. The number of hydrogen-bond donors (Lipinski definition) is 1. The molecule has 0 aliphatic carbocycles. The van der Waals surface area contributed by atoms with Gasteiger partial charge < -0.3 is 14.8 Å². The van der Waals surface area contributed by atoms with Gasteiger partial charge in [0.05, 0.1) is 12.2 Å². The molecule has 0 unspecified atom stereocenters. The van der Waals surface area contributed by atoms with E-state index in [1.165, 1.54) is 11.3 Å². The molecule has 1 heterocycles. The molecule has 0 spiro atoms. The number of thiophene rings is 1. The van der Waals surface area contributed by atoms with Crippen molar-refractivity contribution in [3.63, 3.8) is 0 Å². The van der Waals surface area contributed by atoms with Crippen LogP contribution in [0, 0.1) is 13.8 Å². The van der Waals surface area contributed by atoms with E-state index in [1.807, 2.05) is 39.0 Å². The summed E-state index contributed by atoms with van der Waals surface area (Å²) in [4.78, 5) is 25.3. The molecule has 25 heavy (non-hydrogen) atoms. The molecule has 0 atom stereocenters. The van der Waals surface area contributed by atoms with Crippen LogP contribution in [0.25, 0.3) is 0 Å². The Morgan fingerprint density at radius 3 is 2.60 bits per heavy atom. The number of carbonyl (C=O) groups excluding carboxylic acids is 2. The smallest absolute Gasteiger partial charge is 0.341 e. The van der Waals surface area contributed by atoms with Crippen molar-refractivity contribution in [3.8, 4) is 5.75 Å². The van der Waals surface area contributed by atoms with E-state index < -0.39 is 5.97 Å². The SMILES string of the molecule is CCOC(=O)c1cc(CC)sc1NC(=O)COc1cc(C)ccc1C. The fraction of sp³-hybridized carbons (Fsp3) is 0.368. The van der Waals surface area contributed by atoms with Gasteiger partial charge in [0, 0.05) is 4.88 Å². The number of hydrogen-bond acceptors (Lipinski definition) is 5. The quantitative estimate of drug-likeness (QED) is 0.754. The van der Waals surface area contributed by atoms with E-state index in [2.05, 4.69) is 5.32 Å². The Morgan fingerprint density at radius 1 is 1.16 bits per heavy atom. The molecule has 6 heteroatoms. The summed E-state index contributed by atoms with van der Waals surface area (Å²) in [5.41, 5.74) is 2.43. The van der Waals surface area contributed by atoms with E-state index in [-0.39, 0.29) is 12.5 Å². The average Bonchev–Trinajstić information content (AvgIpc) is 2.99. The zero-order valence-corrected chi connectivity index (χ0v) is 15.8. The minimum absolute atomic E-state index is 0.119. The first-order valence-electron chi connectivity index (χ1n) is 8.24. The van der Waals surface area contributed by atoms with Crippen LogP contribution in [0.15, 0.2) is 24.3 Å². The summed E-state index contributed by atoms with van der Waals surface area (Å²) in [5, 5.41) is 3.27. The van der Waals surface area contributed by atoms with Crippen LogP contribution < -0.4 is 10.1 Å². The Morgan fingerprint density at radius 2 is 1.92 bits per heavy atom. The fourth-order valence-corrected chi connectivity index (χ4v) is 3.24. The summed E-state index contributed by atoms with van der Waals surface area (Å²) in [6.45, 7) is 7.82. The second-order valence-corrected chi connectivity index (χ2v) is 6.77. The number of nitrogens with one attached hydrogen (secondary N) is 1. The van der Waals surface area contributed by atoms with E-state index >= 15 is 0 Å². The Labute approximate surface area is 152 Å². The Balaban J connectivity index is 2.06.